The maximum Gasteiger partial charge on any atom is 0.260 e. The Kier molecular flexibility index (Phi) is 3.78. The minimum atomic E-state index is -0.578. The smallest absolute Gasteiger partial charge is 0.260 e. The van der Waals surface area contributed by atoms with Crippen LogP contribution in [0.1, 0.15) is 24.8 Å². The fourth-order valence-electron chi connectivity index (χ4n) is 3.31. The van der Waals surface area contributed by atoms with Crippen molar-refractivity contribution in [2.45, 2.75) is 18.9 Å². The number of nitrogens with zero attached hydrogens (tertiary/aromatic N) is 3. The number of hydrogen-bond donors (Lipinski definition) is 3. The first-order valence-electron chi connectivity index (χ1n) is 8.14. The molecule has 1 atom stereocenters. The lowest BCUT2D eigenvalue weighted by molar-refractivity contribution is 0.0855. The third-order valence-corrected chi connectivity index (χ3v) is 4.69. The molecular weight excluding hydrogens is 306 g/mol. The second kappa shape index (κ2) is 6.09. The van der Waals surface area contributed by atoms with Crippen molar-refractivity contribution < 1.29 is 5.11 Å². The lowest BCUT2D eigenvalue weighted by Crippen LogP contribution is -2.37. The predicted octanol–water partition coefficient (Wildman–Crippen LogP) is 1.60. The Hall–Kier alpha value is -2.67. The molecule has 4 rings (SSSR count). The molecule has 0 saturated carbocycles. The molecule has 0 bridgehead atoms. The second-order valence-electron chi connectivity index (χ2n) is 6.15. The summed E-state index contributed by atoms with van der Waals surface area (Å²) in [7, 11) is 0. The van der Waals surface area contributed by atoms with Crippen LogP contribution in [0, 0.1) is 5.92 Å². The monoisotopic (exact) mass is 325 g/mol. The number of aromatic amines is 2. The third kappa shape index (κ3) is 2.67. The number of para-hydroxylation sites is 1. The summed E-state index contributed by atoms with van der Waals surface area (Å²) in [6.07, 6.45) is 4.43. The maximum absolute atomic E-state index is 12.2. The van der Waals surface area contributed by atoms with Gasteiger partial charge in [-0.2, -0.15) is 0 Å². The molecule has 1 aliphatic heterocycles. The lowest BCUT2D eigenvalue weighted by Gasteiger charge is -2.34. The molecule has 3 heterocycles. The van der Waals surface area contributed by atoms with Crippen molar-refractivity contribution in [2.24, 2.45) is 5.92 Å². The van der Waals surface area contributed by atoms with Gasteiger partial charge in [0, 0.05) is 25.5 Å². The number of aliphatic hydroxyl groups excluding tert-OH is 1. The highest BCUT2D eigenvalue weighted by atomic mass is 16.3. The fraction of sp³-hybridized carbons (Fsp3) is 0.353. The number of piperidine rings is 1. The summed E-state index contributed by atoms with van der Waals surface area (Å²) < 4.78 is 0. The van der Waals surface area contributed by atoms with Gasteiger partial charge in [-0.3, -0.25) is 9.78 Å². The molecule has 1 aromatic carbocycles. The molecular formula is C17H19N5O2. The van der Waals surface area contributed by atoms with E-state index in [2.05, 4.69) is 24.8 Å². The quantitative estimate of drug-likeness (QED) is 0.679. The molecule has 0 aliphatic carbocycles. The minimum absolute atomic E-state index is 0.117. The Labute approximate surface area is 138 Å². The van der Waals surface area contributed by atoms with Gasteiger partial charge in [-0.25, -0.2) is 9.97 Å². The van der Waals surface area contributed by atoms with Crippen LogP contribution in [0.3, 0.4) is 0 Å². The fourth-order valence-corrected chi connectivity index (χ4v) is 3.31. The van der Waals surface area contributed by atoms with Crippen molar-refractivity contribution in [1.29, 1.82) is 0 Å². The van der Waals surface area contributed by atoms with Crippen molar-refractivity contribution in [3.8, 4) is 0 Å². The lowest BCUT2D eigenvalue weighted by atomic mass is 9.91. The number of imidazole rings is 1. The van der Waals surface area contributed by atoms with Crippen molar-refractivity contribution in [1.82, 2.24) is 19.9 Å². The Morgan fingerprint density at radius 2 is 2.04 bits per heavy atom. The van der Waals surface area contributed by atoms with E-state index < -0.39 is 6.10 Å². The number of hydrogen-bond acceptors (Lipinski definition) is 5. The van der Waals surface area contributed by atoms with E-state index in [-0.39, 0.29) is 11.5 Å². The van der Waals surface area contributed by atoms with Gasteiger partial charge in [0.05, 0.1) is 10.9 Å². The average molecular weight is 325 g/mol. The van der Waals surface area contributed by atoms with Gasteiger partial charge >= 0.3 is 0 Å². The van der Waals surface area contributed by atoms with Crippen LogP contribution in [0.25, 0.3) is 10.9 Å². The zero-order chi connectivity index (χ0) is 16.5. The van der Waals surface area contributed by atoms with E-state index in [1.54, 1.807) is 18.5 Å². The molecule has 24 heavy (non-hydrogen) atoms. The Bertz CT molecular complexity index is 881. The summed E-state index contributed by atoms with van der Waals surface area (Å²) in [5, 5.41) is 11.0. The van der Waals surface area contributed by atoms with Gasteiger partial charge in [0.15, 0.2) is 0 Å². The molecule has 0 amide bonds. The van der Waals surface area contributed by atoms with E-state index >= 15 is 0 Å². The minimum Gasteiger partial charge on any atom is -0.385 e. The van der Waals surface area contributed by atoms with Gasteiger partial charge < -0.3 is 15.0 Å². The molecule has 1 aliphatic rings. The molecule has 3 aromatic rings. The first-order valence-corrected chi connectivity index (χ1v) is 8.14. The summed E-state index contributed by atoms with van der Waals surface area (Å²) in [6.45, 7) is 1.48. The highest BCUT2D eigenvalue weighted by Crippen LogP contribution is 2.30. The molecule has 0 radical (unpaired) electrons. The zero-order valence-corrected chi connectivity index (χ0v) is 13.1. The van der Waals surface area contributed by atoms with Crippen LogP contribution >= 0.6 is 0 Å². The summed E-state index contributed by atoms with van der Waals surface area (Å²) >= 11 is 0. The summed E-state index contributed by atoms with van der Waals surface area (Å²) in [6, 6.07) is 7.34. The third-order valence-electron chi connectivity index (χ3n) is 4.69. The van der Waals surface area contributed by atoms with Crippen molar-refractivity contribution >= 4 is 16.9 Å². The van der Waals surface area contributed by atoms with Crippen LogP contribution in [0.2, 0.25) is 0 Å². The first-order chi connectivity index (χ1) is 11.7. The normalized spacial score (nSPS) is 17.3. The van der Waals surface area contributed by atoms with E-state index in [9.17, 15) is 9.90 Å². The van der Waals surface area contributed by atoms with Gasteiger partial charge in [0.1, 0.15) is 11.9 Å². The van der Waals surface area contributed by atoms with Crippen LogP contribution < -0.4 is 10.5 Å². The van der Waals surface area contributed by atoms with Gasteiger partial charge in [-0.05, 0) is 30.9 Å². The molecule has 1 unspecified atom stereocenters. The zero-order valence-electron chi connectivity index (χ0n) is 13.1. The second-order valence-corrected chi connectivity index (χ2v) is 6.15. The van der Waals surface area contributed by atoms with Crippen molar-refractivity contribution in [2.75, 3.05) is 18.0 Å². The van der Waals surface area contributed by atoms with E-state index in [1.165, 1.54) is 0 Å². The number of rotatable bonds is 3. The summed E-state index contributed by atoms with van der Waals surface area (Å²) in [4.78, 5) is 28.8. The largest absolute Gasteiger partial charge is 0.385 e. The van der Waals surface area contributed by atoms with Gasteiger partial charge in [0.25, 0.3) is 5.56 Å². The number of H-pyrrole nitrogens is 2. The Balaban J connectivity index is 1.51. The highest BCUT2D eigenvalue weighted by Gasteiger charge is 2.28. The van der Waals surface area contributed by atoms with Gasteiger partial charge in [-0.1, -0.05) is 12.1 Å². The Morgan fingerprint density at radius 1 is 1.25 bits per heavy atom. The van der Waals surface area contributed by atoms with Gasteiger partial charge in [-0.15, -0.1) is 0 Å². The molecule has 1 saturated heterocycles. The van der Waals surface area contributed by atoms with E-state index in [4.69, 9.17) is 0 Å². The number of aliphatic hydroxyl groups is 1. The van der Waals surface area contributed by atoms with Crippen LogP contribution in [0.4, 0.5) is 5.95 Å². The van der Waals surface area contributed by atoms with Gasteiger partial charge in [0.2, 0.25) is 5.95 Å². The number of anilines is 1. The van der Waals surface area contributed by atoms with E-state index in [0.29, 0.717) is 22.7 Å². The SMILES string of the molecule is O=c1[nH]c(N2CCC(C(O)c3ncc[nH]3)CC2)nc2ccccc12. The van der Waals surface area contributed by atoms with Crippen LogP contribution in [0.5, 0.6) is 0 Å². The number of benzene rings is 1. The number of fused-ring (bicyclic) bond motifs is 1. The standard InChI is InChI=1S/C17H19N5O2/c23-14(15-18-7-8-19-15)11-5-9-22(10-6-11)17-20-13-4-2-1-3-12(13)16(24)21-17/h1-4,7-8,11,14,23H,5-6,9-10H2,(H,18,19)(H,20,21,24). The Morgan fingerprint density at radius 3 is 2.79 bits per heavy atom. The van der Waals surface area contributed by atoms with E-state index in [0.717, 1.165) is 25.9 Å². The van der Waals surface area contributed by atoms with Crippen LogP contribution in [-0.2, 0) is 0 Å². The molecule has 7 heteroatoms. The summed E-state index contributed by atoms with van der Waals surface area (Å²) in [5.74, 6) is 1.37. The predicted molar refractivity (Wildman–Crippen MR) is 90.8 cm³/mol. The highest BCUT2D eigenvalue weighted by molar-refractivity contribution is 5.78. The number of nitrogens with one attached hydrogen (secondary N) is 2. The molecule has 3 N–H and O–H groups in total. The van der Waals surface area contributed by atoms with Crippen molar-refractivity contribution in [3.05, 3.63) is 52.8 Å². The topological polar surface area (TPSA) is 97.9 Å². The molecule has 0 spiro atoms. The molecule has 2 aromatic heterocycles. The first kappa shape index (κ1) is 14.9. The number of aromatic nitrogens is 4. The van der Waals surface area contributed by atoms with Crippen LogP contribution in [0.15, 0.2) is 41.5 Å². The van der Waals surface area contributed by atoms with Crippen LogP contribution in [-0.4, -0.2) is 38.1 Å². The average Bonchev–Trinajstić information content (AvgIpc) is 3.16. The summed E-state index contributed by atoms with van der Waals surface area (Å²) in [5.41, 5.74) is 0.585. The molecule has 7 nitrogen and oxygen atoms in total. The molecule has 1 fully saturated rings. The maximum atomic E-state index is 12.2. The molecule has 124 valence electrons. The van der Waals surface area contributed by atoms with E-state index in [1.807, 2.05) is 18.2 Å². The van der Waals surface area contributed by atoms with Crippen molar-refractivity contribution in [3.63, 3.8) is 0 Å².